The molecular formula is C35H45N5O3. The summed E-state index contributed by atoms with van der Waals surface area (Å²) in [5.74, 6) is 2.12. The van der Waals surface area contributed by atoms with E-state index in [1.807, 2.05) is 61.3 Å². The molecule has 0 bridgehead atoms. The maximum absolute atomic E-state index is 13.2. The van der Waals surface area contributed by atoms with Crippen LogP contribution in [-0.2, 0) is 11.3 Å². The zero-order valence-electron chi connectivity index (χ0n) is 25.8. The van der Waals surface area contributed by atoms with E-state index >= 15 is 0 Å². The maximum atomic E-state index is 13.2. The van der Waals surface area contributed by atoms with Crippen LogP contribution in [0.15, 0.2) is 78.9 Å². The molecule has 1 amide bonds. The van der Waals surface area contributed by atoms with Crippen molar-refractivity contribution in [3.8, 4) is 5.75 Å². The normalized spacial score (nSPS) is 14.9. The molecule has 1 aliphatic rings. The molecule has 228 valence electrons. The van der Waals surface area contributed by atoms with Gasteiger partial charge in [0.25, 0.3) is 5.91 Å². The van der Waals surface area contributed by atoms with Crippen molar-refractivity contribution in [1.29, 1.82) is 0 Å². The average Bonchev–Trinajstić information content (AvgIpc) is 3.25. The molecule has 43 heavy (non-hydrogen) atoms. The fraction of sp³-hybridized carbons (Fsp3) is 0.429. The first-order valence-electron chi connectivity index (χ1n) is 15.5. The molecule has 1 unspecified atom stereocenters. The lowest BCUT2D eigenvalue weighted by atomic mass is 9.94. The molecule has 0 aliphatic carbocycles. The number of ether oxygens (including phenoxy) is 2. The minimum Gasteiger partial charge on any atom is -0.497 e. The third-order valence-corrected chi connectivity index (χ3v) is 8.39. The van der Waals surface area contributed by atoms with E-state index in [4.69, 9.17) is 14.5 Å². The van der Waals surface area contributed by atoms with Crippen molar-refractivity contribution in [2.45, 2.75) is 32.2 Å². The smallest absolute Gasteiger partial charge is 0.253 e. The molecule has 3 aromatic carbocycles. The van der Waals surface area contributed by atoms with Crippen LogP contribution in [0.4, 0.5) is 5.95 Å². The lowest BCUT2D eigenvalue weighted by molar-refractivity contribution is 0.0782. The van der Waals surface area contributed by atoms with Gasteiger partial charge in [0, 0.05) is 57.9 Å². The molecule has 5 rings (SSSR count). The fourth-order valence-electron chi connectivity index (χ4n) is 6.03. The van der Waals surface area contributed by atoms with Crippen molar-refractivity contribution in [1.82, 2.24) is 19.4 Å². The first-order valence-corrected chi connectivity index (χ1v) is 15.5. The summed E-state index contributed by atoms with van der Waals surface area (Å²) in [6, 6.07) is 26.2. The van der Waals surface area contributed by atoms with Gasteiger partial charge in [-0.2, -0.15) is 0 Å². The standard InChI is InChI=1S/C35H45N5O3/c1-4-43-25-24-40-33-17-9-8-16-32(33)36-35(40)39-20-11-19-38(22-23-39)21-18-30(29-14-10-15-31(26-29)42-3)27-37(2)34(41)28-12-6-5-7-13-28/h5-10,12-17,26,30H,4,11,18-25,27H2,1-3H3. The highest BCUT2D eigenvalue weighted by atomic mass is 16.5. The quantitative estimate of drug-likeness (QED) is 0.193. The van der Waals surface area contributed by atoms with E-state index in [-0.39, 0.29) is 11.8 Å². The Balaban J connectivity index is 1.26. The number of anilines is 1. The summed E-state index contributed by atoms with van der Waals surface area (Å²) in [6.07, 6.45) is 2.03. The second-order valence-corrected chi connectivity index (χ2v) is 11.2. The number of benzene rings is 3. The van der Waals surface area contributed by atoms with Crippen LogP contribution in [-0.4, -0.2) is 91.9 Å². The van der Waals surface area contributed by atoms with Crippen molar-refractivity contribution in [3.63, 3.8) is 0 Å². The molecule has 1 atom stereocenters. The maximum Gasteiger partial charge on any atom is 0.253 e. The van der Waals surface area contributed by atoms with Crippen LogP contribution < -0.4 is 9.64 Å². The van der Waals surface area contributed by atoms with Gasteiger partial charge < -0.3 is 28.7 Å². The lowest BCUT2D eigenvalue weighted by Crippen LogP contribution is -2.35. The summed E-state index contributed by atoms with van der Waals surface area (Å²) in [5, 5.41) is 0. The number of hydrogen-bond donors (Lipinski definition) is 0. The predicted octanol–water partition coefficient (Wildman–Crippen LogP) is 5.54. The molecule has 0 spiro atoms. The Morgan fingerprint density at radius 2 is 1.77 bits per heavy atom. The number of carbonyl (C=O) groups excluding carboxylic acids is 1. The van der Waals surface area contributed by atoms with Gasteiger partial charge in [0.15, 0.2) is 0 Å². The van der Waals surface area contributed by atoms with E-state index in [2.05, 4.69) is 50.8 Å². The van der Waals surface area contributed by atoms with Crippen LogP contribution in [0, 0.1) is 0 Å². The summed E-state index contributed by atoms with van der Waals surface area (Å²) in [4.78, 5) is 25.1. The van der Waals surface area contributed by atoms with Crippen molar-refractivity contribution in [3.05, 3.63) is 90.0 Å². The summed E-state index contributed by atoms with van der Waals surface area (Å²) in [5.41, 5.74) is 4.11. The number of rotatable bonds is 13. The predicted molar refractivity (Wildman–Crippen MR) is 173 cm³/mol. The van der Waals surface area contributed by atoms with Gasteiger partial charge in [-0.25, -0.2) is 4.98 Å². The van der Waals surface area contributed by atoms with Gasteiger partial charge in [-0.05, 0) is 74.8 Å². The highest BCUT2D eigenvalue weighted by molar-refractivity contribution is 5.94. The second-order valence-electron chi connectivity index (χ2n) is 11.2. The van der Waals surface area contributed by atoms with Gasteiger partial charge in [-0.3, -0.25) is 4.79 Å². The van der Waals surface area contributed by atoms with Gasteiger partial charge in [-0.15, -0.1) is 0 Å². The molecule has 1 aromatic heterocycles. The monoisotopic (exact) mass is 583 g/mol. The number of amides is 1. The third kappa shape index (κ3) is 7.75. The largest absolute Gasteiger partial charge is 0.497 e. The van der Waals surface area contributed by atoms with Crippen molar-refractivity contribution in [2.75, 3.05) is 71.5 Å². The Labute approximate surface area is 255 Å². The van der Waals surface area contributed by atoms with E-state index in [1.54, 1.807) is 7.11 Å². The number of hydrogen-bond acceptors (Lipinski definition) is 6. The van der Waals surface area contributed by atoms with Crippen LogP contribution in [0.3, 0.4) is 0 Å². The number of imidazole rings is 1. The summed E-state index contributed by atoms with van der Waals surface area (Å²) < 4.78 is 13.6. The summed E-state index contributed by atoms with van der Waals surface area (Å²) in [6.45, 7) is 9.74. The number of methoxy groups -OCH3 is 1. The third-order valence-electron chi connectivity index (χ3n) is 8.39. The zero-order valence-corrected chi connectivity index (χ0v) is 25.8. The number of likely N-dealkylation sites (N-methyl/N-ethyl adjacent to an activating group) is 1. The van der Waals surface area contributed by atoms with E-state index in [1.165, 1.54) is 5.56 Å². The van der Waals surface area contributed by atoms with Gasteiger partial charge in [0.2, 0.25) is 5.95 Å². The van der Waals surface area contributed by atoms with Crippen LogP contribution >= 0.6 is 0 Å². The molecule has 0 saturated carbocycles. The molecule has 1 fully saturated rings. The van der Waals surface area contributed by atoms with E-state index in [0.717, 1.165) is 74.8 Å². The van der Waals surface area contributed by atoms with Crippen LogP contribution in [0.1, 0.15) is 41.6 Å². The van der Waals surface area contributed by atoms with Crippen molar-refractivity contribution in [2.24, 2.45) is 0 Å². The number of aromatic nitrogens is 2. The lowest BCUT2D eigenvalue weighted by Gasteiger charge is -2.28. The van der Waals surface area contributed by atoms with E-state index in [9.17, 15) is 4.79 Å². The molecule has 8 nitrogen and oxygen atoms in total. The molecule has 1 aliphatic heterocycles. The number of fused-ring (bicyclic) bond motifs is 1. The summed E-state index contributed by atoms with van der Waals surface area (Å²) in [7, 11) is 3.61. The average molecular weight is 584 g/mol. The van der Waals surface area contributed by atoms with Gasteiger partial charge in [0.05, 0.1) is 24.8 Å². The van der Waals surface area contributed by atoms with E-state index < -0.39 is 0 Å². The number of para-hydroxylation sites is 2. The SMILES string of the molecule is CCOCCn1c(N2CCCN(CCC(CN(C)C(=O)c3ccccc3)c3cccc(OC)c3)CC2)nc2ccccc21. The number of nitrogens with zero attached hydrogens (tertiary/aromatic N) is 5. The topological polar surface area (TPSA) is 63.1 Å². The van der Waals surface area contributed by atoms with Crippen LogP contribution in [0.5, 0.6) is 5.75 Å². The fourth-order valence-corrected chi connectivity index (χ4v) is 6.03. The second kappa shape index (κ2) is 15.0. The molecule has 2 heterocycles. The highest BCUT2D eigenvalue weighted by Crippen LogP contribution is 2.27. The minimum absolute atomic E-state index is 0.0473. The molecule has 8 heteroatoms. The van der Waals surface area contributed by atoms with Crippen molar-refractivity contribution >= 4 is 22.9 Å². The minimum atomic E-state index is 0.0473. The highest BCUT2D eigenvalue weighted by Gasteiger charge is 2.23. The van der Waals surface area contributed by atoms with Gasteiger partial charge >= 0.3 is 0 Å². The Hall–Kier alpha value is -3.88. The van der Waals surface area contributed by atoms with Crippen molar-refractivity contribution < 1.29 is 14.3 Å². The molecule has 0 radical (unpaired) electrons. The first-order chi connectivity index (χ1) is 21.1. The zero-order chi connectivity index (χ0) is 30.0. The molecule has 1 saturated heterocycles. The molecule has 0 N–H and O–H groups in total. The van der Waals surface area contributed by atoms with Crippen LogP contribution in [0.25, 0.3) is 11.0 Å². The van der Waals surface area contributed by atoms with Gasteiger partial charge in [-0.1, -0.05) is 42.5 Å². The Morgan fingerprint density at radius 1 is 0.953 bits per heavy atom. The molecular weight excluding hydrogens is 538 g/mol. The first kappa shape index (κ1) is 30.6. The van der Waals surface area contributed by atoms with E-state index in [0.29, 0.717) is 25.3 Å². The van der Waals surface area contributed by atoms with Gasteiger partial charge in [0.1, 0.15) is 5.75 Å². The Kier molecular flexibility index (Phi) is 10.7. The molecule has 4 aromatic rings. The summed E-state index contributed by atoms with van der Waals surface area (Å²) >= 11 is 0. The Morgan fingerprint density at radius 3 is 2.58 bits per heavy atom. The van der Waals surface area contributed by atoms with Crippen LogP contribution in [0.2, 0.25) is 0 Å². The Bertz CT molecular complexity index is 1460. The number of carbonyl (C=O) groups is 1.